The Hall–Kier alpha value is -1.05. The molecule has 1 aliphatic heterocycles. The minimum absolute atomic E-state index is 0.0402. The van der Waals surface area contributed by atoms with Crippen LogP contribution in [0.25, 0.3) is 0 Å². The quantitative estimate of drug-likeness (QED) is 0.772. The summed E-state index contributed by atoms with van der Waals surface area (Å²) < 4.78 is 7.01. The molecule has 18 heavy (non-hydrogen) atoms. The zero-order valence-electron chi connectivity index (χ0n) is 10.3. The lowest BCUT2D eigenvalue weighted by atomic mass is 10.4. The highest BCUT2D eigenvalue weighted by atomic mass is 32.2. The molecular formula is C11H17N3O3S. The Balaban J connectivity index is 1.86. The van der Waals surface area contributed by atoms with Gasteiger partial charge in [0.2, 0.25) is 5.91 Å². The highest BCUT2D eigenvalue weighted by Crippen LogP contribution is 2.18. The van der Waals surface area contributed by atoms with Gasteiger partial charge in [0.15, 0.2) is 5.16 Å². The fraction of sp³-hybridized carbons (Fsp3) is 0.636. The average molecular weight is 271 g/mol. The molecule has 0 saturated carbocycles. The first-order valence-corrected chi connectivity index (χ1v) is 6.80. The van der Waals surface area contributed by atoms with E-state index in [1.165, 1.54) is 11.8 Å². The van der Waals surface area contributed by atoms with E-state index in [0.29, 0.717) is 32.1 Å². The number of aromatic nitrogens is 2. The van der Waals surface area contributed by atoms with E-state index in [2.05, 4.69) is 4.98 Å². The first-order chi connectivity index (χ1) is 8.72. The SMILES string of the molecule is Cn1c(CO)cnc1SCC(=O)N1CCOCC1. The van der Waals surface area contributed by atoms with Gasteiger partial charge in [-0.3, -0.25) is 4.79 Å². The molecule has 0 spiro atoms. The molecule has 1 aromatic heterocycles. The second kappa shape index (κ2) is 6.21. The van der Waals surface area contributed by atoms with Gasteiger partial charge >= 0.3 is 0 Å². The third-order valence-corrected chi connectivity index (χ3v) is 3.92. The van der Waals surface area contributed by atoms with Crippen LogP contribution in [-0.4, -0.2) is 57.5 Å². The predicted octanol–water partition coefficient (Wildman–Crippen LogP) is -0.137. The number of nitrogens with zero attached hydrogens (tertiary/aromatic N) is 3. The van der Waals surface area contributed by atoms with Gasteiger partial charge in [-0.2, -0.15) is 0 Å². The monoisotopic (exact) mass is 271 g/mol. The summed E-state index contributed by atoms with van der Waals surface area (Å²) in [4.78, 5) is 17.9. The van der Waals surface area contributed by atoms with E-state index in [9.17, 15) is 4.79 Å². The number of carbonyl (C=O) groups is 1. The third kappa shape index (κ3) is 3.04. The first-order valence-electron chi connectivity index (χ1n) is 5.82. The van der Waals surface area contributed by atoms with Crippen LogP contribution in [0.3, 0.4) is 0 Å². The van der Waals surface area contributed by atoms with Crippen LogP contribution in [0.4, 0.5) is 0 Å². The molecule has 2 heterocycles. The van der Waals surface area contributed by atoms with E-state index in [0.717, 1.165) is 10.9 Å². The summed E-state index contributed by atoms with van der Waals surface area (Å²) >= 11 is 1.39. The van der Waals surface area contributed by atoms with Crippen LogP contribution in [0.2, 0.25) is 0 Å². The van der Waals surface area contributed by atoms with Gasteiger partial charge in [-0.05, 0) is 0 Å². The molecule has 1 fully saturated rings. The lowest BCUT2D eigenvalue weighted by Gasteiger charge is -2.26. The van der Waals surface area contributed by atoms with E-state index in [4.69, 9.17) is 9.84 Å². The van der Waals surface area contributed by atoms with E-state index in [1.54, 1.807) is 10.8 Å². The van der Waals surface area contributed by atoms with Gasteiger partial charge in [0.05, 0.1) is 37.5 Å². The lowest BCUT2D eigenvalue weighted by Crippen LogP contribution is -2.41. The number of rotatable bonds is 4. The molecule has 0 atom stereocenters. The van der Waals surface area contributed by atoms with Crippen molar-refractivity contribution in [2.45, 2.75) is 11.8 Å². The Morgan fingerprint density at radius 1 is 1.56 bits per heavy atom. The molecule has 0 aliphatic carbocycles. The van der Waals surface area contributed by atoms with Crippen LogP contribution in [-0.2, 0) is 23.2 Å². The largest absolute Gasteiger partial charge is 0.390 e. The normalized spacial score (nSPS) is 16.0. The minimum atomic E-state index is -0.0402. The summed E-state index contributed by atoms with van der Waals surface area (Å²) in [5, 5.41) is 9.80. The molecule has 2 rings (SSSR count). The zero-order chi connectivity index (χ0) is 13.0. The first kappa shape index (κ1) is 13.4. The summed E-state index contributed by atoms with van der Waals surface area (Å²) in [6, 6.07) is 0. The molecule has 7 heteroatoms. The van der Waals surface area contributed by atoms with Crippen molar-refractivity contribution >= 4 is 17.7 Å². The number of ether oxygens (including phenoxy) is 1. The number of aliphatic hydroxyl groups excluding tert-OH is 1. The van der Waals surface area contributed by atoms with Crippen molar-refractivity contribution in [3.05, 3.63) is 11.9 Å². The van der Waals surface area contributed by atoms with Gasteiger partial charge < -0.3 is 19.3 Å². The number of hydrogen-bond donors (Lipinski definition) is 1. The molecule has 1 amide bonds. The van der Waals surface area contributed by atoms with Gasteiger partial charge in [-0.25, -0.2) is 4.98 Å². The second-order valence-electron chi connectivity index (χ2n) is 4.03. The number of thioether (sulfide) groups is 1. The number of carbonyl (C=O) groups excluding carboxylic acids is 1. The molecule has 0 radical (unpaired) electrons. The fourth-order valence-electron chi connectivity index (χ4n) is 1.74. The van der Waals surface area contributed by atoms with Crippen LogP contribution in [0.1, 0.15) is 5.69 Å². The number of aliphatic hydroxyl groups is 1. The van der Waals surface area contributed by atoms with Gasteiger partial charge in [-0.15, -0.1) is 0 Å². The Bertz CT molecular complexity index is 416. The molecule has 1 aromatic rings. The summed E-state index contributed by atoms with van der Waals surface area (Å²) in [7, 11) is 1.83. The predicted molar refractivity (Wildman–Crippen MR) is 67.3 cm³/mol. The van der Waals surface area contributed by atoms with E-state index >= 15 is 0 Å². The van der Waals surface area contributed by atoms with Crippen molar-refractivity contribution < 1.29 is 14.6 Å². The number of hydrogen-bond acceptors (Lipinski definition) is 5. The fourth-order valence-corrected chi connectivity index (χ4v) is 2.61. The van der Waals surface area contributed by atoms with Crippen molar-refractivity contribution in [3.8, 4) is 0 Å². The van der Waals surface area contributed by atoms with Gasteiger partial charge in [0, 0.05) is 20.1 Å². The highest BCUT2D eigenvalue weighted by molar-refractivity contribution is 7.99. The second-order valence-corrected chi connectivity index (χ2v) is 4.97. The van der Waals surface area contributed by atoms with Crippen molar-refractivity contribution in [3.63, 3.8) is 0 Å². The maximum absolute atomic E-state index is 11.9. The summed E-state index contributed by atoms with van der Waals surface area (Å²) in [5.41, 5.74) is 0.747. The Labute approximate surface area is 110 Å². The topological polar surface area (TPSA) is 67.6 Å². The molecule has 1 saturated heterocycles. The van der Waals surface area contributed by atoms with Crippen molar-refractivity contribution in [2.75, 3.05) is 32.1 Å². The highest BCUT2D eigenvalue weighted by Gasteiger charge is 2.17. The maximum atomic E-state index is 11.9. The molecule has 6 nitrogen and oxygen atoms in total. The molecule has 1 N–H and O–H groups in total. The number of morpholine rings is 1. The standard InChI is InChI=1S/C11H17N3O3S/c1-13-9(7-15)6-12-11(13)18-8-10(16)14-2-4-17-5-3-14/h6,15H,2-5,7-8H2,1H3. The van der Waals surface area contributed by atoms with Gasteiger partial charge in [0.1, 0.15) is 0 Å². The van der Waals surface area contributed by atoms with Crippen LogP contribution >= 0.6 is 11.8 Å². The van der Waals surface area contributed by atoms with Crippen molar-refractivity contribution in [1.82, 2.24) is 14.5 Å². The molecule has 100 valence electrons. The van der Waals surface area contributed by atoms with Crippen molar-refractivity contribution in [2.24, 2.45) is 7.05 Å². The van der Waals surface area contributed by atoms with Crippen LogP contribution in [0.5, 0.6) is 0 Å². The summed E-state index contributed by atoms with van der Waals surface area (Å²) in [6.45, 7) is 2.53. The van der Waals surface area contributed by atoms with Gasteiger partial charge in [-0.1, -0.05) is 11.8 Å². The minimum Gasteiger partial charge on any atom is -0.390 e. The van der Waals surface area contributed by atoms with Crippen LogP contribution in [0, 0.1) is 0 Å². The summed E-state index contributed by atoms with van der Waals surface area (Å²) in [6.07, 6.45) is 1.63. The maximum Gasteiger partial charge on any atom is 0.233 e. The third-order valence-electron chi connectivity index (χ3n) is 2.89. The Morgan fingerprint density at radius 2 is 2.28 bits per heavy atom. The van der Waals surface area contributed by atoms with Crippen molar-refractivity contribution in [1.29, 1.82) is 0 Å². The molecule has 0 aromatic carbocycles. The lowest BCUT2D eigenvalue weighted by molar-refractivity contribution is -0.132. The molecule has 0 bridgehead atoms. The van der Waals surface area contributed by atoms with Gasteiger partial charge in [0.25, 0.3) is 0 Å². The Kier molecular flexibility index (Phi) is 4.62. The number of imidazole rings is 1. The van der Waals surface area contributed by atoms with E-state index in [-0.39, 0.29) is 12.5 Å². The molecular weight excluding hydrogens is 254 g/mol. The summed E-state index contributed by atoms with van der Waals surface area (Å²) in [5.74, 6) is 0.479. The van der Waals surface area contributed by atoms with E-state index < -0.39 is 0 Å². The molecule has 1 aliphatic rings. The average Bonchev–Trinajstić information content (AvgIpc) is 2.77. The van der Waals surface area contributed by atoms with E-state index in [1.807, 2.05) is 11.9 Å². The van der Waals surface area contributed by atoms with Crippen LogP contribution < -0.4 is 0 Å². The zero-order valence-corrected chi connectivity index (χ0v) is 11.2. The smallest absolute Gasteiger partial charge is 0.233 e. The molecule has 0 unspecified atom stereocenters. The van der Waals surface area contributed by atoms with Crippen LogP contribution in [0.15, 0.2) is 11.4 Å². The number of amides is 1. The Morgan fingerprint density at radius 3 is 2.89 bits per heavy atom.